The number of nitrogens with two attached hydrogens (primary N) is 1. The van der Waals surface area contributed by atoms with Crippen molar-refractivity contribution in [2.45, 2.75) is 11.3 Å². The fourth-order valence-electron chi connectivity index (χ4n) is 2.96. The molecule has 0 saturated heterocycles. The van der Waals surface area contributed by atoms with Crippen molar-refractivity contribution >= 4 is 26.7 Å². The van der Waals surface area contributed by atoms with E-state index in [-0.39, 0.29) is 4.90 Å². The molecule has 3 aromatic carbocycles. The van der Waals surface area contributed by atoms with Gasteiger partial charge in [-0.15, -0.1) is 0 Å². The van der Waals surface area contributed by atoms with Crippen LogP contribution in [0.25, 0.3) is 11.0 Å². The van der Waals surface area contributed by atoms with E-state index in [2.05, 4.69) is 4.98 Å². The topological polar surface area (TPSA) is 78.0 Å². The van der Waals surface area contributed by atoms with Gasteiger partial charge in [-0.25, -0.2) is 17.4 Å². The molecule has 0 radical (unpaired) electrons. The van der Waals surface area contributed by atoms with Gasteiger partial charge in [0.15, 0.2) is 0 Å². The van der Waals surface area contributed by atoms with Crippen molar-refractivity contribution in [3.05, 3.63) is 90.3 Å². The average molecular weight is 363 g/mol. The van der Waals surface area contributed by atoms with E-state index >= 15 is 0 Å². The Morgan fingerprint density at radius 1 is 0.846 bits per heavy atom. The molecule has 0 bridgehead atoms. The Bertz CT molecular complexity index is 1160. The number of nitrogens with zero attached hydrogens (tertiary/aromatic N) is 2. The van der Waals surface area contributed by atoms with Crippen molar-refractivity contribution in [2.75, 3.05) is 5.73 Å². The van der Waals surface area contributed by atoms with Crippen LogP contribution in [0.4, 0.5) is 5.69 Å². The summed E-state index contributed by atoms with van der Waals surface area (Å²) in [7, 11) is -3.79. The number of imidazole rings is 1. The SMILES string of the molecule is Nc1ccc(S(=O)(=O)n2c(Cc3ccccc3)nc3ccccc32)cc1. The molecule has 1 aromatic heterocycles. The van der Waals surface area contributed by atoms with E-state index in [1.807, 2.05) is 48.5 Å². The lowest BCUT2D eigenvalue weighted by Gasteiger charge is -2.11. The highest BCUT2D eigenvalue weighted by Gasteiger charge is 2.24. The van der Waals surface area contributed by atoms with Crippen LogP contribution in [0.1, 0.15) is 11.4 Å². The van der Waals surface area contributed by atoms with Crippen molar-refractivity contribution in [3.63, 3.8) is 0 Å². The number of anilines is 1. The van der Waals surface area contributed by atoms with Gasteiger partial charge in [0, 0.05) is 12.1 Å². The van der Waals surface area contributed by atoms with E-state index in [0.29, 0.717) is 29.0 Å². The lowest BCUT2D eigenvalue weighted by Crippen LogP contribution is -2.16. The maximum Gasteiger partial charge on any atom is 0.269 e. The molecule has 1 heterocycles. The minimum absolute atomic E-state index is 0.184. The molecule has 4 rings (SSSR count). The Labute approximate surface area is 151 Å². The minimum atomic E-state index is -3.79. The van der Waals surface area contributed by atoms with Crippen molar-refractivity contribution in [3.8, 4) is 0 Å². The van der Waals surface area contributed by atoms with Gasteiger partial charge >= 0.3 is 0 Å². The lowest BCUT2D eigenvalue weighted by molar-refractivity contribution is 0.586. The zero-order chi connectivity index (χ0) is 18.1. The second kappa shape index (κ2) is 6.31. The van der Waals surface area contributed by atoms with E-state index in [1.54, 1.807) is 18.2 Å². The molecule has 5 nitrogen and oxygen atoms in total. The largest absolute Gasteiger partial charge is 0.399 e. The molecule has 0 saturated carbocycles. The van der Waals surface area contributed by atoms with E-state index in [4.69, 9.17) is 5.73 Å². The monoisotopic (exact) mass is 363 g/mol. The third kappa shape index (κ3) is 2.84. The maximum atomic E-state index is 13.3. The number of para-hydroxylation sites is 2. The Hall–Kier alpha value is -3.12. The van der Waals surface area contributed by atoms with Crippen molar-refractivity contribution < 1.29 is 8.42 Å². The Morgan fingerprint density at radius 3 is 2.23 bits per heavy atom. The standard InChI is InChI=1S/C20H17N3O2S/c21-16-10-12-17(13-11-16)26(24,25)23-19-9-5-4-8-18(19)22-20(23)14-15-6-2-1-3-7-15/h1-13H,14,21H2. The smallest absolute Gasteiger partial charge is 0.269 e. The van der Waals surface area contributed by atoms with Crippen LogP contribution in [-0.4, -0.2) is 17.4 Å². The predicted molar refractivity (Wildman–Crippen MR) is 102 cm³/mol. The third-order valence-corrected chi connectivity index (χ3v) is 5.96. The van der Waals surface area contributed by atoms with Crippen LogP contribution in [0.5, 0.6) is 0 Å². The first kappa shape index (κ1) is 16.4. The molecule has 0 aliphatic heterocycles. The molecule has 0 atom stereocenters. The first-order chi connectivity index (χ1) is 12.6. The zero-order valence-corrected chi connectivity index (χ0v) is 14.7. The number of hydrogen-bond donors (Lipinski definition) is 1. The highest BCUT2D eigenvalue weighted by molar-refractivity contribution is 7.90. The van der Waals surface area contributed by atoms with E-state index in [1.165, 1.54) is 16.1 Å². The first-order valence-corrected chi connectivity index (χ1v) is 9.61. The number of nitrogen functional groups attached to an aromatic ring is 1. The Morgan fingerprint density at radius 2 is 1.50 bits per heavy atom. The van der Waals surface area contributed by atoms with Gasteiger partial charge in [-0.2, -0.15) is 0 Å². The van der Waals surface area contributed by atoms with Gasteiger partial charge in [-0.3, -0.25) is 0 Å². The molecule has 0 amide bonds. The summed E-state index contributed by atoms with van der Waals surface area (Å²) >= 11 is 0. The Kier molecular flexibility index (Phi) is 3.97. The van der Waals surface area contributed by atoms with Gasteiger partial charge in [0.05, 0.1) is 15.9 Å². The molecule has 0 spiro atoms. The second-order valence-electron chi connectivity index (χ2n) is 6.02. The zero-order valence-electron chi connectivity index (χ0n) is 13.9. The van der Waals surface area contributed by atoms with Crippen LogP contribution >= 0.6 is 0 Å². The minimum Gasteiger partial charge on any atom is -0.399 e. The van der Waals surface area contributed by atoms with E-state index in [0.717, 1.165) is 5.56 Å². The third-order valence-electron chi connectivity index (χ3n) is 4.21. The van der Waals surface area contributed by atoms with Crippen LogP contribution in [0, 0.1) is 0 Å². The van der Waals surface area contributed by atoms with Crippen LogP contribution in [0.15, 0.2) is 83.8 Å². The fourth-order valence-corrected chi connectivity index (χ4v) is 4.44. The summed E-state index contributed by atoms with van der Waals surface area (Å²) in [6, 6.07) is 23.2. The van der Waals surface area contributed by atoms with Gasteiger partial charge in [0.2, 0.25) is 0 Å². The highest BCUT2D eigenvalue weighted by atomic mass is 32.2. The van der Waals surface area contributed by atoms with E-state index < -0.39 is 10.0 Å². The molecular formula is C20H17N3O2S. The highest BCUT2D eigenvalue weighted by Crippen LogP contribution is 2.25. The molecular weight excluding hydrogens is 346 g/mol. The van der Waals surface area contributed by atoms with Gasteiger partial charge in [0.1, 0.15) is 5.82 Å². The van der Waals surface area contributed by atoms with Crippen LogP contribution in [-0.2, 0) is 16.4 Å². The van der Waals surface area contributed by atoms with Gasteiger partial charge in [0.25, 0.3) is 10.0 Å². The first-order valence-electron chi connectivity index (χ1n) is 8.17. The Balaban J connectivity index is 1.92. The fraction of sp³-hybridized carbons (Fsp3) is 0.0500. The van der Waals surface area contributed by atoms with Crippen molar-refractivity contribution in [1.82, 2.24) is 8.96 Å². The molecule has 0 aliphatic carbocycles. The summed E-state index contributed by atoms with van der Waals surface area (Å²) in [5.41, 5.74) is 8.43. The lowest BCUT2D eigenvalue weighted by atomic mass is 10.1. The average Bonchev–Trinajstić information content (AvgIpc) is 3.01. The summed E-state index contributed by atoms with van der Waals surface area (Å²) < 4.78 is 28.0. The van der Waals surface area contributed by atoms with Gasteiger partial charge in [-0.1, -0.05) is 42.5 Å². The summed E-state index contributed by atoms with van der Waals surface area (Å²) in [6.07, 6.45) is 0.420. The number of hydrogen-bond acceptors (Lipinski definition) is 4. The van der Waals surface area contributed by atoms with Crippen LogP contribution in [0.3, 0.4) is 0 Å². The molecule has 130 valence electrons. The molecule has 4 aromatic rings. The summed E-state index contributed by atoms with van der Waals surface area (Å²) in [4.78, 5) is 4.76. The summed E-state index contributed by atoms with van der Waals surface area (Å²) in [6.45, 7) is 0. The number of fused-ring (bicyclic) bond motifs is 1. The molecule has 26 heavy (non-hydrogen) atoms. The van der Waals surface area contributed by atoms with Crippen molar-refractivity contribution in [1.29, 1.82) is 0 Å². The summed E-state index contributed by atoms with van der Waals surface area (Å²) in [5, 5.41) is 0. The van der Waals surface area contributed by atoms with Crippen LogP contribution in [0.2, 0.25) is 0 Å². The number of benzene rings is 3. The van der Waals surface area contributed by atoms with Crippen molar-refractivity contribution in [2.24, 2.45) is 0 Å². The number of rotatable bonds is 4. The molecule has 0 aliphatic rings. The van der Waals surface area contributed by atoms with Crippen LogP contribution < -0.4 is 5.73 Å². The molecule has 0 fully saturated rings. The normalized spacial score (nSPS) is 11.7. The van der Waals surface area contributed by atoms with Gasteiger partial charge < -0.3 is 5.73 Å². The maximum absolute atomic E-state index is 13.3. The second-order valence-corrected chi connectivity index (χ2v) is 7.80. The number of aromatic nitrogens is 2. The quantitative estimate of drug-likeness (QED) is 0.563. The van der Waals surface area contributed by atoms with Gasteiger partial charge in [-0.05, 0) is 42.0 Å². The molecule has 2 N–H and O–H groups in total. The van der Waals surface area contributed by atoms with E-state index in [9.17, 15) is 8.42 Å². The molecule has 0 unspecified atom stereocenters. The molecule has 6 heteroatoms. The summed E-state index contributed by atoms with van der Waals surface area (Å²) in [5.74, 6) is 0.481. The predicted octanol–water partition coefficient (Wildman–Crippen LogP) is 3.45.